The smallest absolute Gasteiger partial charge is 0.195 e. The van der Waals surface area contributed by atoms with Gasteiger partial charge in [-0.2, -0.15) is 0 Å². The molecule has 0 fully saturated rings. The van der Waals surface area contributed by atoms with Crippen LogP contribution in [0.15, 0.2) is 61.9 Å². The van der Waals surface area contributed by atoms with E-state index in [-0.39, 0.29) is 5.78 Å². The van der Waals surface area contributed by atoms with E-state index in [0.29, 0.717) is 18.1 Å². The molecule has 6 heteroatoms. The van der Waals surface area contributed by atoms with Crippen LogP contribution in [0, 0.1) is 0 Å². The largest absolute Gasteiger partial charge is 0.486 e. The third kappa shape index (κ3) is 5.67. The van der Waals surface area contributed by atoms with Gasteiger partial charge in [0.25, 0.3) is 0 Å². The Labute approximate surface area is 179 Å². The fourth-order valence-electron chi connectivity index (χ4n) is 2.41. The standard InChI is InChI=1S/C21H18Br2O3S/c1-2-3-20-18(23)12-21(27-20)19(24)11-10-16-8-9-17(26-16)13-25-15-6-4-14(22)5-7-15/h4-12H,2-3,13H2,1H3/b11-10+. The van der Waals surface area contributed by atoms with Crippen LogP contribution in [0.25, 0.3) is 6.08 Å². The van der Waals surface area contributed by atoms with Crippen molar-refractivity contribution >= 4 is 55.1 Å². The van der Waals surface area contributed by atoms with E-state index in [9.17, 15) is 4.79 Å². The Hall–Kier alpha value is -1.63. The first-order valence-corrected chi connectivity index (χ1v) is 10.9. The van der Waals surface area contributed by atoms with Crippen molar-refractivity contribution in [2.75, 3.05) is 0 Å². The minimum atomic E-state index is -0.0212. The van der Waals surface area contributed by atoms with Crippen molar-refractivity contribution in [3.05, 3.63) is 78.8 Å². The zero-order valence-corrected chi connectivity index (χ0v) is 18.7. The van der Waals surface area contributed by atoms with Gasteiger partial charge in [0.2, 0.25) is 0 Å². The summed E-state index contributed by atoms with van der Waals surface area (Å²) in [6.45, 7) is 2.46. The number of ether oxygens (including phenoxy) is 1. The first kappa shape index (κ1) is 20.1. The maximum absolute atomic E-state index is 12.4. The van der Waals surface area contributed by atoms with E-state index >= 15 is 0 Å². The second-order valence-electron chi connectivity index (χ2n) is 5.88. The van der Waals surface area contributed by atoms with E-state index in [2.05, 4.69) is 38.8 Å². The average Bonchev–Trinajstić information content (AvgIpc) is 3.26. The summed E-state index contributed by atoms with van der Waals surface area (Å²) in [6, 6.07) is 13.2. The van der Waals surface area contributed by atoms with E-state index in [1.807, 2.05) is 42.5 Å². The molecule has 0 aliphatic heterocycles. The van der Waals surface area contributed by atoms with E-state index in [0.717, 1.165) is 32.4 Å². The predicted molar refractivity (Wildman–Crippen MR) is 117 cm³/mol. The number of carbonyl (C=O) groups excluding carboxylic acids is 1. The number of benzene rings is 1. The Morgan fingerprint density at radius 1 is 1.19 bits per heavy atom. The van der Waals surface area contributed by atoms with Crippen LogP contribution in [-0.2, 0) is 13.0 Å². The molecule has 3 aromatic rings. The average molecular weight is 510 g/mol. The van der Waals surface area contributed by atoms with Gasteiger partial charge in [-0.15, -0.1) is 11.3 Å². The molecule has 140 valence electrons. The second-order valence-corrected chi connectivity index (χ2v) is 8.78. The highest BCUT2D eigenvalue weighted by Crippen LogP contribution is 2.29. The van der Waals surface area contributed by atoms with Gasteiger partial charge in [-0.1, -0.05) is 29.3 Å². The van der Waals surface area contributed by atoms with Crippen LogP contribution >= 0.6 is 43.2 Å². The Morgan fingerprint density at radius 3 is 2.70 bits per heavy atom. The van der Waals surface area contributed by atoms with Crippen LogP contribution < -0.4 is 4.74 Å². The number of hydrogen-bond donors (Lipinski definition) is 0. The third-order valence-electron chi connectivity index (χ3n) is 3.75. The van der Waals surface area contributed by atoms with E-state index in [1.165, 1.54) is 16.2 Å². The zero-order valence-electron chi connectivity index (χ0n) is 14.7. The van der Waals surface area contributed by atoms with Crippen LogP contribution in [0.1, 0.15) is 39.4 Å². The monoisotopic (exact) mass is 508 g/mol. The van der Waals surface area contributed by atoms with Gasteiger partial charge in [0.15, 0.2) is 5.78 Å². The molecular weight excluding hydrogens is 492 g/mol. The Bertz CT molecular complexity index is 939. The summed E-state index contributed by atoms with van der Waals surface area (Å²) >= 11 is 8.46. The summed E-state index contributed by atoms with van der Waals surface area (Å²) in [7, 11) is 0. The third-order valence-corrected chi connectivity index (χ3v) is 6.46. The molecule has 0 N–H and O–H groups in total. The summed E-state index contributed by atoms with van der Waals surface area (Å²) in [5, 5.41) is 0. The first-order chi connectivity index (χ1) is 13.0. The van der Waals surface area contributed by atoms with Crippen molar-refractivity contribution in [2.24, 2.45) is 0 Å². The van der Waals surface area contributed by atoms with Crippen LogP contribution in [0.2, 0.25) is 0 Å². The van der Waals surface area contributed by atoms with Crippen LogP contribution in [0.3, 0.4) is 0 Å². The van der Waals surface area contributed by atoms with Crippen LogP contribution in [0.5, 0.6) is 5.75 Å². The van der Waals surface area contributed by atoms with E-state index in [4.69, 9.17) is 9.15 Å². The van der Waals surface area contributed by atoms with Gasteiger partial charge < -0.3 is 9.15 Å². The van der Waals surface area contributed by atoms with Gasteiger partial charge in [0, 0.05) is 13.8 Å². The van der Waals surface area contributed by atoms with Gasteiger partial charge in [-0.25, -0.2) is 0 Å². The van der Waals surface area contributed by atoms with Gasteiger partial charge >= 0.3 is 0 Å². The van der Waals surface area contributed by atoms with Crippen LogP contribution in [0.4, 0.5) is 0 Å². The van der Waals surface area contributed by atoms with Gasteiger partial charge in [0.1, 0.15) is 23.9 Å². The van der Waals surface area contributed by atoms with Crippen molar-refractivity contribution in [2.45, 2.75) is 26.4 Å². The molecule has 0 saturated carbocycles. The lowest BCUT2D eigenvalue weighted by Gasteiger charge is -2.03. The minimum absolute atomic E-state index is 0.0212. The molecule has 2 aromatic heterocycles. The van der Waals surface area contributed by atoms with Gasteiger partial charge in [0.05, 0.1) is 4.88 Å². The second kappa shape index (κ2) is 9.53. The molecule has 0 amide bonds. The van der Waals surface area contributed by atoms with Crippen molar-refractivity contribution in [1.82, 2.24) is 0 Å². The molecule has 3 rings (SSSR count). The molecule has 0 aliphatic rings. The highest BCUT2D eigenvalue weighted by atomic mass is 79.9. The number of carbonyl (C=O) groups is 1. The molecule has 0 atom stereocenters. The number of hydrogen-bond acceptors (Lipinski definition) is 4. The molecule has 0 aliphatic carbocycles. The fraction of sp³-hybridized carbons (Fsp3) is 0.190. The van der Waals surface area contributed by atoms with Crippen molar-refractivity contribution in [3.8, 4) is 5.75 Å². The molecule has 0 spiro atoms. The highest BCUT2D eigenvalue weighted by Gasteiger charge is 2.11. The fourth-order valence-corrected chi connectivity index (χ4v) is 4.57. The lowest BCUT2D eigenvalue weighted by atomic mass is 10.2. The molecule has 27 heavy (non-hydrogen) atoms. The molecule has 0 bridgehead atoms. The first-order valence-electron chi connectivity index (χ1n) is 8.53. The topological polar surface area (TPSA) is 39.4 Å². The Morgan fingerprint density at radius 2 is 1.96 bits per heavy atom. The summed E-state index contributed by atoms with van der Waals surface area (Å²) in [5.41, 5.74) is 0. The number of thiophene rings is 1. The summed E-state index contributed by atoms with van der Waals surface area (Å²) in [4.78, 5) is 14.3. The number of ketones is 1. The molecule has 1 aromatic carbocycles. The van der Waals surface area contributed by atoms with E-state index < -0.39 is 0 Å². The van der Waals surface area contributed by atoms with Crippen molar-refractivity contribution < 1.29 is 13.9 Å². The molecule has 2 heterocycles. The Balaban J connectivity index is 1.58. The lowest BCUT2D eigenvalue weighted by molar-refractivity contribution is 0.105. The maximum Gasteiger partial charge on any atom is 0.195 e. The van der Waals surface area contributed by atoms with Gasteiger partial charge in [-0.3, -0.25) is 4.79 Å². The summed E-state index contributed by atoms with van der Waals surface area (Å²) < 4.78 is 13.4. The predicted octanol–water partition coefficient (Wildman–Crippen LogP) is 7.29. The highest BCUT2D eigenvalue weighted by molar-refractivity contribution is 9.10. The molecule has 0 unspecified atom stereocenters. The number of halogens is 2. The summed E-state index contributed by atoms with van der Waals surface area (Å²) in [5.74, 6) is 2.08. The Kier molecular flexibility index (Phi) is 7.10. The maximum atomic E-state index is 12.4. The van der Waals surface area contributed by atoms with Gasteiger partial charge in [-0.05, 0) is 77.0 Å². The molecular formula is C21H18Br2O3S. The minimum Gasteiger partial charge on any atom is -0.486 e. The number of rotatable bonds is 8. The summed E-state index contributed by atoms with van der Waals surface area (Å²) in [6.07, 6.45) is 5.27. The number of aryl methyl sites for hydroxylation is 1. The molecule has 0 saturated heterocycles. The zero-order chi connectivity index (χ0) is 19.2. The SMILES string of the molecule is CCCc1sc(C(=O)/C=C/c2ccc(COc3ccc(Br)cc3)o2)cc1Br. The van der Waals surface area contributed by atoms with Crippen LogP contribution in [-0.4, -0.2) is 5.78 Å². The van der Waals surface area contributed by atoms with Crippen molar-refractivity contribution in [1.29, 1.82) is 0 Å². The number of furan rings is 1. The van der Waals surface area contributed by atoms with E-state index in [1.54, 1.807) is 12.2 Å². The number of allylic oxidation sites excluding steroid dienone is 1. The van der Waals surface area contributed by atoms with Crippen molar-refractivity contribution in [3.63, 3.8) is 0 Å². The molecule has 0 radical (unpaired) electrons. The normalized spacial score (nSPS) is 11.2. The lowest BCUT2D eigenvalue weighted by Crippen LogP contribution is -1.93. The quantitative estimate of drug-likeness (QED) is 0.236. The molecule has 3 nitrogen and oxygen atoms in total.